The molecule has 2 aliphatic rings. The maximum Gasteiger partial charge on any atom is 0.320 e. The predicted octanol–water partition coefficient (Wildman–Crippen LogP) is 3.18. The van der Waals surface area contributed by atoms with E-state index in [9.17, 15) is 4.79 Å². The number of fused-ring (bicyclic) bond motifs is 1. The molecular formula is C23H32N6O2. The van der Waals surface area contributed by atoms with Crippen molar-refractivity contribution < 1.29 is 9.53 Å². The highest BCUT2D eigenvalue weighted by Crippen LogP contribution is 2.36. The van der Waals surface area contributed by atoms with Crippen molar-refractivity contribution in [3.05, 3.63) is 35.4 Å². The molecule has 3 heterocycles. The lowest BCUT2D eigenvalue weighted by Crippen LogP contribution is -2.46. The predicted molar refractivity (Wildman–Crippen MR) is 122 cm³/mol. The second-order valence-electron chi connectivity index (χ2n) is 8.38. The van der Waals surface area contributed by atoms with Crippen molar-refractivity contribution in [2.24, 2.45) is 0 Å². The molecule has 0 saturated carbocycles. The molecule has 1 atom stereocenters. The van der Waals surface area contributed by atoms with Crippen molar-refractivity contribution >= 4 is 23.2 Å². The van der Waals surface area contributed by atoms with Crippen LogP contribution in [0.3, 0.4) is 0 Å². The van der Waals surface area contributed by atoms with Crippen LogP contribution in [-0.2, 0) is 17.9 Å². The topological polar surface area (TPSA) is 96.6 Å². The van der Waals surface area contributed by atoms with Gasteiger partial charge < -0.3 is 20.7 Å². The molecule has 0 aliphatic carbocycles. The fourth-order valence-corrected chi connectivity index (χ4v) is 4.06. The Morgan fingerprint density at radius 2 is 1.81 bits per heavy atom. The van der Waals surface area contributed by atoms with Gasteiger partial charge in [0.2, 0.25) is 5.91 Å². The van der Waals surface area contributed by atoms with Gasteiger partial charge in [-0.2, -0.15) is 9.97 Å². The Balaban J connectivity index is 1.54. The van der Waals surface area contributed by atoms with Crippen LogP contribution in [0.5, 0.6) is 6.01 Å². The number of aromatic nitrogens is 2. The van der Waals surface area contributed by atoms with E-state index in [0.717, 1.165) is 24.9 Å². The van der Waals surface area contributed by atoms with E-state index in [1.165, 1.54) is 31.5 Å². The number of likely N-dealkylation sites (tertiary alicyclic amines) is 1. The third-order valence-corrected chi connectivity index (χ3v) is 5.97. The fourth-order valence-electron chi connectivity index (χ4n) is 4.06. The van der Waals surface area contributed by atoms with E-state index in [4.69, 9.17) is 10.5 Å². The van der Waals surface area contributed by atoms with Crippen LogP contribution in [0.15, 0.2) is 24.3 Å². The number of carbonyl (C=O) groups excluding carboxylic acids is 1. The Hall–Kier alpha value is -2.87. The Morgan fingerprint density at radius 1 is 1.13 bits per heavy atom. The van der Waals surface area contributed by atoms with Crippen molar-refractivity contribution in [2.75, 3.05) is 35.6 Å². The van der Waals surface area contributed by atoms with E-state index in [1.807, 2.05) is 11.8 Å². The summed E-state index contributed by atoms with van der Waals surface area (Å²) in [6, 6.07) is 8.49. The van der Waals surface area contributed by atoms with E-state index in [-0.39, 0.29) is 23.8 Å². The molecular weight excluding hydrogens is 392 g/mol. The molecule has 8 nitrogen and oxygen atoms in total. The van der Waals surface area contributed by atoms with Gasteiger partial charge in [0.15, 0.2) is 11.6 Å². The van der Waals surface area contributed by atoms with Gasteiger partial charge in [-0.05, 0) is 50.4 Å². The molecule has 0 bridgehead atoms. The van der Waals surface area contributed by atoms with Crippen LogP contribution in [0.2, 0.25) is 0 Å². The van der Waals surface area contributed by atoms with Crippen molar-refractivity contribution in [1.82, 2.24) is 14.9 Å². The number of nitrogens with zero attached hydrogens (tertiary/aromatic N) is 4. The number of carbonyl (C=O) groups is 1. The highest BCUT2D eigenvalue weighted by atomic mass is 16.5. The van der Waals surface area contributed by atoms with Crippen molar-refractivity contribution in [1.29, 1.82) is 0 Å². The molecule has 0 radical (unpaired) electrons. The summed E-state index contributed by atoms with van der Waals surface area (Å²) in [6.07, 6.45) is 4.53. The van der Waals surface area contributed by atoms with Crippen LogP contribution < -0.4 is 20.7 Å². The van der Waals surface area contributed by atoms with Gasteiger partial charge in [0.05, 0.1) is 6.61 Å². The average molecular weight is 425 g/mol. The maximum atomic E-state index is 12.6. The molecule has 2 aromatic rings. The number of benzene rings is 1. The second-order valence-corrected chi connectivity index (χ2v) is 8.38. The zero-order valence-electron chi connectivity index (χ0n) is 18.4. The quantitative estimate of drug-likeness (QED) is 0.628. The number of hydrogen-bond acceptors (Lipinski definition) is 7. The van der Waals surface area contributed by atoms with Crippen LogP contribution >= 0.6 is 0 Å². The van der Waals surface area contributed by atoms with Crippen LogP contribution in [0.25, 0.3) is 0 Å². The summed E-state index contributed by atoms with van der Waals surface area (Å²) in [5.74, 6) is 0.711. The molecule has 1 unspecified atom stereocenters. The molecule has 3 N–H and O–H groups in total. The minimum Gasteiger partial charge on any atom is -0.463 e. The smallest absolute Gasteiger partial charge is 0.320 e. The lowest BCUT2D eigenvalue weighted by Gasteiger charge is -2.35. The Bertz CT molecular complexity index is 911. The van der Waals surface area contributed by atoms with E-state index in [0.29, 0.717) is 24.7 Å². The standard InChI is InChI=1S/C23H32N6O2/c1-3-4-13-31-23-26-20(24)19-21(27-23)29(16(2)22(30)25-19)15-18-9-7-17(8-10-18)14-28-11-5-6-12-28/h7-10,16H,3-6,11-15H2,1-2H3,(H,25,30)(H2,24,26,27). The first-order valence-corrected chi connectivity index (χ1v) is 11.2. The maximum absolute atomic E-state index is 12.6. The lowest BCUT2D eigenvalue weighted by molar-refractivity contribution is -0.117. The number of ether oxygens (including phenoxy) is 1. The number of anilines is 3. The third-order valence-electron chi connectivity index (χ3n) is 5.97. The highest BCUT2D eigenvalue weighted by Gasteiger charge is 2.33. The summed E-state index contributed by atoms with van der Waals surface area (Å²) in [4.78, 5) is 25.8. The molecule has 4 rings (SSSR count). The normalized spacial score (nSPS) is 18.7. The summed E-state index contributed by atoms with van der Waals surface area (Å²) in [6.45, 7) is 8.42. The first-order valence-electron chi connectivity index (χ1n) is 11.2. The molecule has 1 aromatic carbocycles. The highest BCUT2D eigenvalue weighted by molar-refractivity contribution is 6.05. The number of rotatable bonds is 8. The molecule has 166 valence electrons. The minimum atomic E-state index is -0.380. The van der Waals surface area contributed by atoms with Gasteiger partial charge in [0.25, 0.3) is 0 Å². The fraction of sp³-hybridized carbons (Fsp3) is 0.522. The molecule has 1 aromatic heterocycles. The molecule has 31 heavy (non-hydrogen) atoms. The average Bonchev–Trinajstić information content (AvgIpc) is 3.27. The van der Waals surface area contributed by atoms with Gasteiger partial charge in [0.1, 0.15) is 11.7 Å². The molecule has 1 saturated heterocycles. The number of nitrogens with two attached hydrogens (primary N) is 1. The largest absolute Gasteiger partial charge is 0.463 e. The van der Waals surface area contributed by atoms with Crippen LogP contribution in [0.4, 0.5) is 17.3 Å². The SMILES string of the molecule is CCCCOc1nc(N)c2c(n1)N(Cc1ccc(CN3CCCC3)cc1)C(C)C(=O)N2. The summed E-state index contributed by atoms with van der Waals surface area (Å²) >= 11 is 0. The summed E-state index contributed by atoms with van der Waals surface area (Å²) in [5.41, 5.74) is 9.01. The summed E-state index contributed by atoms with van der Waals surface area (Å²) < 4.78 is 5.69. The van der Waals surface area contributed by atoms with Crippen LogP contribution in [0, 0.1) is 0 Å². The van der Waals surface area contributed by atoms with Crippen molar-refractivity contribution in [3.8, 4) is 6.01 Å². The van der Waals surface area contributed by atoms with Gasteiger partial charge in [-0.15, -0.1) is 0 Å². The number of nitrogens with one attached hydrogen (secondary N) is 1. The van der Waals surface area contributed by atoms with E-state index < -0.39 is 0 Å². The van der Waals surface area contributed by atoms with Gasteiger partial charge >= 0.3 is 6.01 Å². The summed E-state index contributed by atoms with van der Waals surface area (Å²) in [7, 11) is 0. The first kappa shape index (κ1) is 21.4. The first-order chi connectivity index (χ1) is 15.0. The number of unbranched alkanes of at least 4 members (excludes halogenated alkanes) is 1. The van der Waals surface area contributed by atoms with E-state index in [2.05, 4.69) is 51.4 Å². The van der Waals surface area contributed by atoms with Gasteiger partial charge in [0, 0.05) is 13.1 Å². The Labute approximate surface area is 183 Å². The molecule has 1 fully saturated rings. The number of hydrogen-bond donors (Lipinski definition) is 2. The molecule has 2 aliphatic heterocycles. The monoisotopic (exact) mass is 424 g/mol. The molecule has 8 heteroatoms. The zero-order chi connectivity index (χ0) is 21.8. The van der Waals surface area contributed by atoms with Gasteiger partial charge in [-0.3, -0.25) is 9.69 Å². The van der Waals surface area contributed by atoms with Crippen molar-refractivity contribution in [3.63, 3.8) is 0 Å². The molecule has 0 spiro atoms. The van der Waals surface area contributed by atoms with Crippen LogP contribution in [0.1, 0.15) is 50.7 Å². The third kappa shape index (κ3) is 4.90. The van der Waals surface area contributed by atoms with E-state index >= 15 is 0 Å². The minimum absolute atomic E-state index is 0.117. The van der Waals surface area contributed by atoms with E-state index in [1.54, 1.807) is 0 Å². The Morgan fingerprint density at radius 3 is 2.48 bits per heavy atom. The van der Waals surface area contributed by atoms with Crippen LogP contribution in [-0.4, -0.2) is 46.5 Å². The second kappa shape index (κ2) is 9.51. The Kier molecular flexibility index (Phi) is 6.56. The van der Waals surface area contributed by atoms with Gasteiger partial charge in [-0.25, -0.2) is 0 Å². The number of nitrogen functional groups attached to an aromatic ring is 1. The number of amides is 1. The zero-order valence-corrected chi connectivity index (χ0v) is 18.4. The summed E-state index contributed by atoms with van der Waals surface area (Å²) in [5, 5.41) is 2.85. The lowest BCUT2D eigenvalue weighted by atomic mass is 10.1. The van der Waals surface area contributed by atoms with Gasteiger partial charge in [-0.1, -0.05) is 37.6 Å². The molecule has 1 amide bonds. The van der Waals surface area contributed by atoms with Crippen molar-refractivity contribution in [2.45, 2.75) is 58.7 Å².